The van der Waals surface area contributed by atoms with Crippen molar-refractivity contribution in [1.82, 2.24) is 4.98 Å². The second kappa shape index (κ2) is 6.45. The van der Waals surface area contributed by atoms with Crippen LogP contribution in [-0.2, 0) is 4.74 Å². The van der Waals surface area contributed by atoms with Gasteiger partial charge in [-0.25, -0.2) is 9.78 Å². The molecule has 6 heteroatoms. The van der Waals surface area contributed by atoms with Crippen molar-refractivity contribution in [2.45, 2.75) is 13.3 Å². The summed E-state index contributed by atoms with van der Waals surface area (Å²) in [7, 11) is 1.31. The number of carbonyl (C=O) groups is 1. The topological polar surface area (TPSA) is 92.2 Å². The predicted octanol–water partition coefficient (Wildman–Crippen LogP) is 1.19. The first-order chi connectivity index (χ1) is 8.63. The highest BCUT2D eigenvalue weighted by molar-refractivity contribution is 5.95. The fourth-order valence-electron chi connectivity index (χ4n) is 1.58. The van der Waals surface area contributed by atoms with Gasteiger partial charge in [0.25, 0.3) is 0 Å². The monoisotopic (exact) mass is 248 g/mol. The van der Waals surface area contributed by atoms with Crippen LogP contribution in [0.1, 0.15) is 23.7 Å². The van der Waals surface area contributed by atoms with Crippen molar-refractivity contribution in [3.05, 3.63) is 17.8 Å². The molecule has 0 spiro atoms. The van der Waals surface area contributed by atoms with Crippen molar-refractivity contribution >= 4 is 17.5 Å². The Labute approximate surface area is 106 Å². The highest BCUT2D eigenvalue weighted by Crippen LogP contribution is 2.21. The molecule has 0 unspecified atom stereocenters. The number of rotatable bonds is 5. The second-order valence-electron chi connectivity index (χ2n) is 3.62. The zero-order valence-electron chi connectivity index (χ0n) is 10.5. The van der Waals surface area contributed by atoms with E-state index < -0.39 is 5.97 Å². The van der Waals surface area contributed by atoms with E-state index in [4.69, 9.17) is 15.7 Å². The standard InChI is InChI=1S/C12H16N4O2/c1-3-16(6-4-5-13)11-10(12(17)18-2)7-9(14)8-15-11/h7-8H,3-4,6,14H2,1-2H3. The number of esters is 1. The average Bonchev–Trinajstić information content (AvgIpc) is 2.39. The molecule has 0 amide bonds. The summed E-state index contributed by atoms with van der Waals surface area (Å²) in [5.41, 5.74) is 6.34. The minimum Gasteiger partial charge on any atom is -0.465 e. The molecule has 0 saturated carbocycles. The number of nitrogens with zero attached hydrogens (tertiary/aromatic N) is 3. The van der Waals surface area contributed by atoms with Crippen LogP contribution in [0, 0.1) is 11.3 Å². The molecule has 1 aromatic rings. The first kappa shape index (κ1) is 13.8. The Hall–Kier alpha value is -2.29. The van der Waals surface area contributed by atoms with E-state index in [9.17, 15) is 4.79 Å². The number of methoxy groups -OCH3 is 1. The van der Waals surface area contributed by atoms with E-state index in [1.54, 1.807) is 0 Å². The van der Waals surface area contributed by atoms with Crippen molar-refractivity contribution in [2.75, 3.05) is 30.8 Å². The Kier molecular flexibility index (Phi) is 4.93. The number of pyridine rings is 1. The number of aromatic nitrogens is 1. The first-order valence-electron chi connectivity index (χ1n) is 5.59. The predicted molar refractivity (Wildman–Crippen MR) is 68.1 cm³/mol. The maximum atomic E-state index is 11.7. The van der Waals surface area contributed by atoms with Gasteiger partial charge in [-0.05, 0) is 13.0 Å². The molecule has 6 nitrogen and oxygen atoms in total. The van der Waals surface area contributed by atoms with Crippen LogP contribution in [0.3, 0.4) is 0 Å². The minimum absolute atomic E-state index is 0.317. The van der Waals surface area contributed by atoms with E-state index in [1.807, 2.05) is 11.8 Å². The molecule has 18 heavy (non-hydrogen) atoms. The average molecular weight is 248 g/mol. The van der Waals surface area contributed by atoms with Crippen LogP contribution in [0.5, 0.6) is 0 Å². The highest BCUT2D eigenvalue weighted by atomic mass is 16.5. The minimum atomic E-state index is -0.486. The number of ether oxygens (including phenoxy) is 1. The number of hydrogen-bond acceptors (Lipinski definition) is 6. The number of hydrogen-bond donors (Lipinski definition) is 1. The molecule has 0 radical (unpaired) electrons. The van der Waals surface area contributed by atoms with Crippen LogP contribution >= 0.6 is 0 Å². The van der Waals surface area contributed by atoms with Gasteiger partial charge in [-0.2, -0.15) is 5.26 Å². The van der Waals surface area contributed by atoms with Gasteiger partial charge in [0.15, 0.2) is 0 Å². The Morgan fingerprint density at radius 2 is 2.39 bits per heavy atom. The fourth-order valence-corrected chi connectivity index (χ4v) is 1.58. The molecule has 0 aromatic carbocycles. The first-order valence-corrected chi connectivity index (χ1v) is 5.59. The van der Waals surface area contributed by atoms with E-state index >= 15 is 0 Å². The molecule has 1 rings (SSSR count). The molecule has 0 aliphatic heterocycles. The molecular formula is C12H16N4O2. The van der Waals surface area contributed by atoms with Gasteiger partial charge in [-0.1, -0.05) is 0 Å². The van der Waals surface area contributed by atoms with Gasteiger partial charge in [-0.3, -0.25) is 0 Å². The number of nitrogen functional groups attached to an aromatic ring is 1. The number of nitriles is 1. The molecule has 2 N–H and O–H groups in total. The summed E-state index contributed by atoms with van der Waals surface area (Å²) in [4.78, 5) is 17.7. The van der Waals surface area contributed by atoms with Crippen LogP contribution in [-0.4, -0.2) is 31.2 Å². The third kappa shape index (κ3) is 3.10. The summed E-state index contributed by atoms with van der Waals surface area (Å²) in [5, 5.41) is 8.62. The summed E-state index contributed by atoms with van der Waals surface area (Å²) in [6.45, 7) is 3.08. The van der Waals surface area contributed by atoms with Gasteiger partial charge in [0.1, 0.15) is 11.4 Å². The molecule has 0 saturated heterocycles. The number of anilines is 2. The Morgan fingerprint density at radius 3 is 2.94 bits per heavy atom. The third-order valence-corrected chi connectivity index (χ3v) is 2.47. The molecule has 0 atom stereocenters. The zero-order valence-corrected chi connectivity index (χ0v) is 10.5. The van der Waals surface area contributed by atoms with Crippen molar-refractivity contribution in [3.8, 4) is 6.07 Å². The van der Waals surface area contributed by atoms with Gasteiger partial charge in [0.05, 0.1) is 31.5 Å². The van der Waals surface area contributed by atoms with Crippen LogP contribution < -0.4 is 10.6 Å². The fraction of sp³-hybridized carbons (Fsp3) is 0.417. The van der Waals surface area contributed by atoms with Gasteiger partial charge >= 0.3 is 5.97 Å². The Balaban J connectivity index is 3.13. The number of nitrogens with two attached hydrogens (primary N) is 1. The highest BCUT2D eigenvalue weighted by Gasteiger charge is 2.18. The summed E-state index contributed by atoms with van der Waals surface area (Å²) in [6, 6.07) is 3.60. The van der Waals surface area contributed by atoms with E-state index in [-0.39, 0.29) is 0 Å². The SMILES string of the molecule is CCN(CCC#N)c1ncc(N)cc1C(=O)OC. The van der Waals surface area contributed by atoms with Gasteiger partial charge in [0.2, 0.25) is 0 Å². The van der Waals surface area contributed by atoms with Crippen molar-refractivity contribution in [1.29, 1.82) is 5.26 Å². The van der Waals surface area contributed by atoms with E-state index in [0.29, 0.717) is 36.6 Å². The number of carbonyl (C=O) groups excluding carboxylic acids is 1. The molecule has 0 fully saturated rings. The normalized spacial score (nSPS) is 9.61. The molecule has 1 aromatic heterocycles. The van der Waals surface area contributed by atoms with Crippen molar-refractivity contribution in [2.24, 2.45) is 0 Å². The maximum Gasteiger partial charge on any atom is 0.341 e. The largest absolute Gasteiger partial charge is 0.465 e. The smallest absolute Gasteiger partial charge is 0.341 e. The molecule has 0 aliphatic carbocycles. The summed E-state index contributed by atoms with van der Waals surface area (Å²) in [5.74, 6) is 0.00834. The van der Waals surface area contributed by atoms with Crippen LogP contribution in [0.2, 0.25) is 0 Å². The molecular weight excluding hydrogens is 232 g/mol. The Morgan fingerprint density at radius 1 is 1.67 bits per heavy atom. The summed E-state index contributed by atoms with van der Waals surface area (Å²) >= 11 is 0. The van der Waals surface area contributed by atoms with Crippen LogP contribution in [0.15, 0.2) is 12.3 Å². The van der Waals surface area contributed by atoms with E-state index in [2.05, 4.69) is 11.1 Å². The lowest BCUT2D eigenvalue weighted by atomic mass is 10.2. The molecule has 0 bridgehead atoms. The lowest BCUT2D eigenvalue weighted by Gasteiger charge is -2.22. The molecule has 96 valence electrons. The Bertz CT molecular complexity index is 468. The lowest BCUT2D eigenvalue weighted by molar-refractivity contribution is 0.0601. The zero-order chi connectivity index (χ0) is 13.5. The molecule has 0 aliphatic rings. The summed E-state index contributed by atoms with van der Waals surface area (Å²) in [6.07, 6.45) is 1.84. The summed E-state index contributed by atoms with van der Waals surface area (Å²) < 4.78 is 4.70. The van der Waals surface area contributed by atoms with E-state index in [0.717, 1.165) is 0 Å². The van der Waals surface area contributed by atoms with Gasteiger partial charge < -0.3 is 15.4 Å². The third-order valence-electron chi connectivity index (χ3n) is 2.47. The van der Waals surface area contributed by atoms with Gasteiger partial charge in [-0.15, -0.1) is 0 Å². The van der Waals surface area contributed by atoms with Crippen LogP contribution in [0.4, 0.5) is 11.5 Å². The van der Waals surface area contributed by atoms with Crippen molar-refractivity contribution < 1.29 is 9.53 Å². The van der Waals surface area contributed by atoms with Crippen molar-refractivity contribution in [3.63, 3.8) is 0 Å². The second-order valence-corrected chi connectivity index (χ2v) is 3.62. The van der Waals surface area contributed by atoms with Gasteiger partial charge in [0, 0.05) is 13.1 Å². The van der Waals surface area contributed by atoms with E-state index in [1.165, 1.54) is 19.4 Å². The maximum absolute atomic E-state index is 11.7. The quantitative estimate of drug-likeness (QED) is 0.787. The molecule has 1 heterocycles. The van der Waals surface area contributed by atoms with Crippen LogP contribution in [0.25, 0.3) is 0 Å². The lowest BCUT2D eigenvalue weighted by Crippen LogP contribution is -2.27.